The molecular weight excluding hydrogens is 386 g/mol. The summed E-state index contributed by atoms with van der Waals surface area (Å²) >= 11 is 1.26. The molecule has 2 aliphatic rings. The summed E-state index contributed by atoms with van der Waals surface area (Å²) in [4.78, 5) is 42.4. The number of amides is 1. The Morgan fingerprint density at radius 2 is 2.07 bits per heavy atom. The number of nitro benzene ring substituents is 1. The van der Waals surface area contributed by atoms with Crippen LogP contribution in [0.25, 0.3) is 0 Å². The predicted molar refractivity (Wildman–Crippen MR) is 103 cm³/mol. The van der Waals surface area contributed by atoms with Crippen molar-refractivity contribution in [2.24, 2.45) is 4.99 Å². The molecule has 0 N–H and O–H groups in total. The van der Waals surface area contributed by atoms with E-state index in [4.69, 9.17) is 9.47 Å². The number of nitrogens with zero attached hydrogens (tertiary/aromatic N) is 3. The Labute approximate surface area is 165 Å². The smallest absolute Gasteiger partial charge is 0.338 e. The normalized spacial score (nSPS) is 21.5. The van der Waals surface area contributed by atoms with Crippen molar-refractivity contribution in [2.45, 2.75) is 25.1 Å². The van der Waals surface area contributed by atoms with Gasteiger partial charge in [0.05, 0.1) is 33.6 Å². The molecule has 0 radical (unpaired) electrons. The van der Waals surface area contributed by atoms with Crippen LogP contribution in [0.15, 0.2) is 40.5 Å². The number of methoxy groups -OCH3 is 1. The van der Waals surface area contributed by atoms with Crippen LogP contribution in [-0.2, 0) is 19.1 Å². The summed E-state index contributed by atoms with van der Waals surface area (Å²) in [6, 6.07) is 5.09. The highest BCUT2D eigenvalue weighted by molar-refractivity contribution is 8.15. The number of allylic oxidation sites excluding steroid dienone is 1. The van der Waals surface area contributed by atoms with Crippen molar-refractivity contribution in [2.75, 3.05) is 20.3 Å². The minimum atomic E-state index is -0.978. The van der Waals surface area contributed by atoms with E-state index in [9.17, 15) is 19.7 Å². The van der Waals surface area contributed by atoms with Crippen molar-refractivity contribution in [3.63, 3.8) is 0 Å². The molecule has 2 atom stereocenters. The first-order valence-electron chi connectivity index (χ1n) is 8.55. The first-order valence-corrected chi connectivity index (χ1v) is 9.43. The van der Waals surface area contributed by atoms with Gasteiger partial charge >= 0.3 is 5.97 Å². The highest BCUT2D eigenvalue weighted by atomic mass is 32.2. The van der Waals surface area contributed by atoms with Gasteiger partial charge in [0, 0.05) is 13.2 Å². The maximum atomic E-state index is 12.8. The second-order valence-corrected chi connectivity index (χ2v) is 7.52. The molecule has 1 amide bonds. The number of aliphatic imine (C=N–C) groups is 1. The van der Waals surface area contributed by atoms with Crippen LogP contribution in [0.4, 0.5) is 5.69 Å². The molecule has 0 saturated carbocycles. The molecule has 0 spiro atoms. The zero-order valence-corrected chi connectivity index (χ0v) is 16.4. The van der Waals surface area contributed by atoms with Crippen LogP contribution in [-0.4, -0.2) is 52.4 Å². The quantitative estimate of drug-likeness (QED) is 0.309. The number of carbonyl (C=O) groups is 2. The number of hydrogen-bond donors (Lipinski definition) is 0. The summed E-state index contributed by atoms with van der Waals surface area (Å²) in [7, 11) is 1.48. The number of amidine groups is 1. The fraction of sp³-hybridized carbons (Fsp3) is 0.389. The standard InChI is InChI=1S/C18H19N3O6S/c1-10-14(17(23)27-9-8-26-3)15(12-6-4-5-7-13(12)21(24)25)20-16(22)11(2)28-18(20)19-10/h4-7,11,15H,8-9H2,1-3H3/t11-,15-/m0/s1. The van der Waals surface area contributed by atoms with Gasteiger partial charge in [-0.3, -0.25) is 19.8 Å². The molecule has 2 aliphatic heterocycles. The molecule has 28 heavy (non-hydrogen) atoms. The van der Waals surface area contributed by atoms with E-state index in [-0.39, 0.29) is 35.9 Å². The van der Waals surface area contributed by atoms with E-state index in [0.29, 0.717) is 10.9 Å². The van der Waals surface area contributed by atoms with E-state index in [2.05, 4.69) is 4.99 Å². The third-order valence-electron chi connectivity index (χ3n) is 4.43. The SMILES string of the molecule is COCCOC(=O)C1=C(C)N=C2S[C@@H](C)C(=O)N2[C@H]1c1ccccc1[N+](=O)[O-]. The van der Waals surface area contributed by atoms with Gasteiger partial charge in [0.15, 0.2) is 5.17 Å². The summed E-state index contributed by atoms with van der Waals surface area (Å²) < 4.78 is 10.1. The molecule has 9 nitrogen and oxygen atoms in total. The molecule has 1 saturated heterocycles. The average molecular weight is 405 g/mol. The van der Waals surface area contributed by atoms with Crippen molar-refractivity contribution in [3.05, 3.63) is 51.2 Å². The van der Waals surface area contributed by atoms with Crippen LogP contribution in [0.2, 0.25) is 0 Å². The maximum absolute atomic E-state index is 12.8. The lowest BCUT2D eigenvalue weighted by atomic mass is 9.93. The number of esters is 1. The van der Waals surface area contributed by atoms with Gasteiger partial charge < -0.3 is 9.47 Å². The van der Waals surface area contributed by atoms with Gasteiger partial charge in [0.2, 0.25) is 5.91 Å². The third kappa shape index (κ3) is 3.52. The topological polar surface area (TPSA) is 111 Å². The summed E-state index contributed by atoms with van der Waals surface area (Å²) in [5.74, 6) is -0.945. The van der Waals surface area contributed by atoms with E-state index in [0.717, 1.165) is 0 Å². The molecule has 3 rings (SSSR count). The van der Waals surface area contributed by atoms with Gasteiger partial charge in [-0.2, -0.15) is 0 Å². The molecule has 2 heterocycles. The molecule has 1 fully saturated rings. The van der Waals surface area contributed by atoms with Crippen molar-refractivity contribution >= 4 is 34.5 Å². The number of benzene rings is 1. The summed E-state index contributed by atoms with van der Waals surface area (Å²) in [5, 5.41) is 11.6. The molecule has 1 aromatic rings. The van der Waals surface area contributed by atoms with Crippen LogP contribution in [0.1, 0.15) is 25.5 Å². The second-order valence-electron chi connectivity index (χ2n) is 6.21. The lowest BCUT2D eigenvalue weighted by Gasteiger charge is -2.32. The Hall–Kier alpha value is -2.72. The van der Waals surface area contributed by atoms with Crippen molar-refractivity contribution in [3.8, 4) is 0 Å². The van der Waals surface area contributed by atoms with Gasteiger partial charge in [-0.1, -0.05) is 23.9 Å². The molecule has 148 valence electrons. The number of hydrogen-bond acceptors (Lipinski definition) is 8. The number of fused-ring (bicyclic) bond motifs is 1. The van der Waals surface area contributed by atoms with Crippen LogP contribution >= 0.6 is 11.8 Å². The van der Waals surface area contributed by atoms with Gasteiger partial charge in [-0.15, -0.1) is 0 Å². The fourth-order valence-electron chi connectivity index (χ4n) is 3.14. The third-order valence-corrected chi connectivity index (χ3v) is 5.48. The number of carbonyl (C=O) groups excluding carboxylic acids is 2. The van der Waals surface area contributed by atoms with E-state index in [1.54, 1.807) is 26.0 Å². The number of ether oxygens (including phenoxy) is 2. The highest BCUT2D eigenvalue weighted by Crippen LogP contribution is 2.45. The number of nitro groups is 1. The summed E-state index contributed by atoms with van der Waals surface area (Å²) in [6.45, 7) is 3.59. The van der Waals surface area contributed by atoms with Crippen molar-refractivity contribution in [1.29, 1.82) is 0 Å². The van der Waals surface area contributed by atoms with Crippen LogP contribution in [0.5, 0.6) is 0 Å². The Bertz CT molecular complexity index is 897. The molecule has 0 aromatic heterocycles. The second kappa shape index (κ2) is 8.11. The first-order chi connectivity index (χ1) is 13.4. The molecular formula is C18H19N3O6S. The van der Waals surface area contributed by atoms with Gasteiger partial charge in [-0.05, 0) is 19.9 Å². The van der Waals surface area contributed by atoms with Gasteiger partial charge in [0.1, 0.15) is 12.6 Å². The summed E-state index contributed by atoms with van der Waals surface area (Å²) in [5.41, 5.74) is 0.533. The lowest BCUT2D eigenvalue weighted by Crippen LogP contribution is -2.40. The zero-order chi connectivity index (χ0) is 20.4. The average Bonchev–Trinajstić information content (AvgIpc) is 2.94. The molecule has 0 unspecified atom stereocenters. The van der Waals surface area contributed by atoms with Gasteiger partial charge in [0.25, 0.3) is 5.69 Å². The number of thioether (sulfide) groups is 1. The highest BCUT2D eigenvalue weighted by Gasteiger charge is 2.48. The summed E-state index contributed by atoms with van der Waals surface area (Å²) in [6.07, 6.45) is 0. The Balaban J connectivity index is 2.13. The Morgan fingerprint density at radius 1 is 1.36 bits per heavy atom. The number of para-hydroxylation sites is 1. The fourth-order valence-corrected chi connectivity index (χ4v) is 4.17. The van der Waals surface area contributed by atoms with Crippen LogP contribution in [0, 0.1) is 10.1 Å². The van der Waals surface area contributed by atoms with Crippen LogP contribution < -0.4 is 0 Å². The molecule has 10 heteroatoms. The van der Waals surface area contributed by atoms with Gasteiger partial charge in [-0.25, -0.2) is 9.79 Å². The predicted octanol–water partition coefficient (Wildman–Crippen LogP) is 2.43. The van der Waals surface area contributed by atoms with E-state index < -0.39 is 22.2 Å². The first kappa shape index (κ1) is 20.0. The van der Waals surface area contributed by atoms with E-state index in [1.807, 2.05) is 0 Å². The van der Waals surface area contributed by atoms with Crippen molar-refractivity contribution in [1.82, 2.24) is 4.90 Å². The molecule has 0 aliphatic carbocycles. The van der Waals surface area contributed by atoms with E-state index in [1.165, 1.54) is 35.9 Å². The van der Waals surface area contributed by atoms with E-state index >= 15 is 0 Å². The molecule has 1 aromatic carbocycles. The Morgan fingerprint density at radius 3 is 2.75 bits per heavy atom. The minimum absolute atomic E-state index is 0.0192. The number of rotatable bonds is 6. The minimum Gasteiger partial charge on any atom is -0.460 e. The zero-order valence-electron chi connectivity index (χ0n) is 15.6. The van der Waals surface area contributed by atoms with Crippen molar-refractivity contribution < 1.29 is 24.0 Å². The Kier molecular flexibility index (Phi) is 5.80. The molecule has 0 bridgehead atoms. The maximum Gasteiger partial charge on any atom is 0.338 e. The largest absolute Gasteiger partial charge is 0.460 e. The monoisotopic (exact) mass is 405 g/mol. The van der Waals surface area contributed by atoms with Crippen LogP contribution in [0.3, 0.4) is 0 Å². The lowest BCUT2D eigenvalue weighted by molar-refractivity contribution is -0.385.